The zero-order chi connectivity index (χ0) is 10.7. The van der Waals surface area contributed by atoms with E-state index in [1.54, 1.807) is 0 Å². The summed E-state index contributed by atoms with van der Waals surface area (Å²) in [4.78, 5) is 10.4. The first-order valence-corrected chi connectivity index (χ1v) is 3.81. The summed E-state index contributed by atoms with van der Waals surface area (Å²) in [7, 11) is 0. The molecule has 0 aromatic heterocycles. The van der Waals surface area contributed by atoms with Gasteiger partial charge in [-0.05, 0) is 12.1 Å². The topological polar surface area (TPSA) is 26.3 Å². The van der Waals surface area contributed by atoms with Crippen LogP contribution < -0.4 is 4.74 Å². The van der Waals surface area contributed by atoms with E-state index in [0.717, 1.165) is 12.1 Å². The molecule has 0 heterocycles. The molecule has 0 radical (unpaired) electrons. The van der Waals surface area contributed by atoms with Crippen molar-refractivity contribution >= 4 is 17.9 Å². The van der Waals surface area contributed by atoms with Gasteiger partial charge in [-0.15, -0.1) is 0 Å². The lowest BCUT2D eigenvalue weighted by Gasteiger charge is -2.08. The van der Waals surface area contributed by atoms with E-state index in [0.29, 0.717) is 0 Å². The Morgan fingerprint density at radius 2 is 2.07 bits per heavy atom. The minimum atomic E-state index is -3.11. The smallest absolute Gasteiger partial charge is 0.387 e. The highest BCUT2D eigenvalue weighted by Crippen LogP contribution is 2.30. The van der Waals surface area contributed by atoms with Crippen LogP contribution in [0, 0.1) is 5.82 Å². The normalized spacial score (nSPS) is 10.4. The SMILES string of the molecule is O=Cc1cc(F)cc(Cl)c1OC(F)F. The number of hydrogen-bond donors (Lipinski definition) is 0. The maximum absolute atomic E-state index is 12.6. The monoisotopic (exact) mass is 224 g/mol. The van der Waals surface area contributed by atoms with Gasteiger partial charge >= 0.3 is 6.61 Å². The molecule has 0 N–H and O–H groups in total. The van der Waals surface area contributed by atoms with Gasteiger partial charge in [0.1, 0.15) is 5.82 Å². The Balaban J connectivity index is 3.18. The van der Waals surface area contributed by atoms with Crippen LogP contribution in [-0.4, -0.2) is 12.9 Å². The van der Waals surface area contributed by atoms with Crippen LogP contribution in [0.3, 0.4) is 0 Å². The predicted octanol–water partition coefficient (Wildman–Crippen LogP) is 2.89. The third-order valence-corrected chi connectivity index (χ3v) is 1.65. The summed E-state index contributed by atoms with van der Waals surface area (Å²) in [5, 5.41) is -0.368. The highest BCUT2D eigenvalue weighted by atomic mass is 35.5. The van der Waals surface area contributed by atoms with E-state index in [4.69, 9.17) is 11.6 Å². The molecular weight excluding hydrogens is 221 g/mol. The van der Waals surface area contributed by atoms with Gasteiger partial charge in [0.2, 0.25) is 0 Å². The van der Waals surface area contributed by atoms with E-state index < -0.39 is 18.2 Å². The molecule has 6 heteroatoms. The van der Waals surface area contributed by atoms with Gasteiger partial charge in [-0.25, -0.2) is 4.39 Å². The number of rotatable bonds is 3. The summed E-state index contributed by atoms with van der Waals surface area (Å²) < 4.78 is 40.3. The minimum Gasteiger partial charge on any atom is -0.432 e. The van der Waals surface area contributed by atoms with Crippen molar-refractivity contribution in [2.45, 2.75) is 6.61 Å². The third kappa shape index (κ3) is 2.38. The molecule has 0 spiro atoms. The number of hydrogen-bond acceptors (Lipinski definition) is 2. The third-order valence-electron chi connectivity index (χ3n) is 1.37. The van der Waals surface area contributed by atoms with Gasteiger partial charge in [-0.1, -0.05) is 11.6 Å². The quantitative estimate of drug-likeness (QED) is 0.738. The molecule has 14 heavy (non-hydrogen) atoms. The van der Waals surface area contributed by atoms with Crippen LogP contribution in [-0.2, 0) is 0 Å². The predicted molar refractivity (Wildman–Crippen MR) is 43.4 cm³/mol. The molecule has 1 rings (SSSR count). The molecule has 1 aromatic carbocycles. The fourth-order valence-corrected chi connectivity index (χ4v) is 1.14. The highest BCUT2D eigenvalue weighted by molar-refractivity contribution is 6.32. The molecule has 0 fully saturated rings. The molecule has 1 aromatic rings. The molecule has 0 amide bonds. The lowest BCUT2D eigenvalue weighted by Crippen LogP contribution is -2.05. The average molecular weight is 225 g/mol. The molecule has 2 nitrogen and oxygen atoms in total. The maximum atomic E-state index is 12.6. The zero-order valence-corrected chi connectivity index (χ0v) is 7.39. The number of alkyl halides is 2. The lowest BCUT2D eigenvalue weighted by atomic mass is 10.2. The van der Waals surface area contributed by atoms with Crippen molar-refractivity contribution in [1.29, 1.82) is 0 Å². The second kappa shape index (κ2) is 4.32. The van der Waals surface area contributed by atoms with E-state index in [1.807, 2.05) is 0 Å². The van der Waals surface area contributed by atoms with E-state index >= 15 is 0 Å². The fourth-order valence-electron chi connectivity index (χ4n) is 0.881. The Morgan fingerprint density at radius 1 is 1.43 bits per heavy atom. The Labute approximate surface area is 82.2 Å². The number of halogens is 4. The highest BCUT2D eigenvalue weighted by Gasteiger charge is 2.14. The van der Waals surface area contributed by atoms with E-state index in [2.05, 4.69) is 4.74 Å². The van der Waals surface area contributed by atoms with Gasteiger partial charge in [0.15, 0.2) is 12.0 Å². The Kier molecular flexibility index (Phi) is 3.35. The van der Waals surface area contributed by atoms with Crippen LogP contribution >= 0.6 is 11.6 Å². The van der Waals surface area contributed by atoms with E-state index in [1.165, 1.54) is 0 Å². The van der Waals surface area contributed by atoms with Crippen molar-refractivity contribution in [3.8, 4) is 5.75 Å². The number of aldehydes is 1. The van der Waals surface area contributed by atoms with Gasteiger partial charge in [0.05, 0.1) is 10.6 Å². The molecule has 0 aliphatic heterocycles. The van der Waals surface area contributed by atoms with Crippen LogP contribution in [0.4, 0.5) is 13.2 Å². The maximum Gasteiger partial charge on any atom is 0.387 e. The summed E-state index contributed by atoms with van der Waals surface area (Å²) in [6, 6.07) is 1.54. The lowest BCUT2D eigenvalue weighted by molar-refractivity contribution is -0.0500. The van der Waals surface area contributed by atoms with Crippen molar-refractivity contribution in [2.24, 2.45) is 0 Å². The van der Waals surface area contributed by atoms with Crippen molar-refractivity contribution in [2.75, 3.05) is 0 Å². The van der Waals surface area contributed by atoms with Crippen LogP contribution in [0.5, 0.6) is 5.75 Å². The van der Waals surface area contributed by atoms with Gasteiger partial charge < -0.3 is 4.74 Å². The zero-order valence-electron chi connectivity index (χ0n) is 6.64. The molecule has 0 aliphatic carbocycles. The largest absolute Gasteiger partial charge is 0.432 e. The number of benzene rings is 1. The average Bonchev–Trinajstić information content (AvgIpc) is 2.08. The molecule has 0 aliphatic rings. The minimum absolute atomic E-state index is 0.187. The van der Waals surface area contributed by atoms with Gasteiger partial charge in [0.25, 0.3) is 0 Å². The first-order valence-electron chi connectivity index (χ1n) is 3.43. The number of carbonyl (C=O) groups is 1. The van der Waals surface area contributed by atoms with Crippen LogP contribution in [0.15, 0.2) is 12.1 Å². The first kappa shape index (κ1) is 10.8. The Bertz CT molecular complexity index is 355. The van der Waals surface area contributed by atoms with Crippen LogP contribution in [0.1, 0.15) is 10.4 Å². The summed E-state index contributed by atoms with van der Waals surface area (Å²) in [5.41, 5.74) is -0.352. The molecule has 0 unspecified atom stereocenters. The first-order chi connectivity index (χ1) is 6.54. The second-order valence-corrected chi connectivity index (χ2v) is 2.71. The van der Waals surface area contributed by atoms with Crippen molar-refractivity contribution in [3.63, 3.8) is 0 Å². The van der Waals surface area contributed by atoms with Crippen molar-refractivity contribution in [1.82, 2.24) is 0 Å². The van der Waals surface area contributed by atoms with Gasteiger partial charge in [-0.2, -0.15) is 8.78 Å². The molecule has 76 valence electrons. The molecule has 0 atom stereocenters. The second-order valence-electron chi connectivity index (χ2n) is 2.30. The fraction of sp³-hybridized carbons (Fsp3) is 0.125. The Morgan fingerprint density at radius 3 is 2.57 bits per heavy atom. The molecule has 0 saturated heterocycles. The number of ether oxygens (including phenoxy) is 1. The van der Waals surface area contributed by atoms with E-state index in [9.17, 15) is 18.0 Å². The van der Waals surface area contributed by atoms with Crippen LogP contribution in [0.2, 0.25) is 5.02 Å². The van der Waals surface area contributed by atoms with E-state index in [-0.39, 0.29) is 16.9 Å². The summed E-state index contributed by atoms with van der Waals surface area (Å²) in [6.45, 7) is -3.11. The Hall–Kier alpha value is -1.23. The molecule has 0 bridgehead atoms. The summed E-state index contributed by atoms with van der Waals surface area (Å²) in [5.74, 6) is -1.31. The van der Waals surface area contributed by atoms with Gasteiger partial charge in [-0.3, -0.25) is 4.79 Å². The molecule has 0 saturated carbocycles. The standard InChI is InChI=1S/C8H4ClF3O2/c9-6-2-5(10)1-4(3-13)7(6)14-8(11)12/h1-3,8H. The van der Waals surface area contributed by atoms with Crippen molar-refractivity contribution in [3.05, 3.63) is 28.5 Å². The van der Waals surface area contributed by atoms with Gasteiger partial charge in [0, 0.05) is 0 Å². The summed E-state index contributed by atoms with van der Waals surface area (Å²) in [6.07, 6.45) is 0.187. The van der Waals surface area contributed by atoms with Crippen LogP contribution in [0.25, 0.3) is 0 Å². The molecular formula is C8H4ClF3O2. The van der Waals surface area contributed by atoms with Crippen molar-refractivity contribution < 1.29 is 22.7 Å². The number of carbonyl (C=O) groups excluding carboxylic acids is 1. The summed E-state index contributed by atoms with van der Waals surface area (Å²) >= 11 is 5.40.